The third-order valence-electron chi connectivity index (χ3n) is 8.03. The first-order valence-electron chi connectivity index (χ1n) is 13.6. The predicted molar refractivity (Wildman–Crippen MR) is 138 cm³/mol. The van der Waals surface area contributed by atoms with Gasteiger partial charge in [0.1, 0.15) is 17.7 Å². The molecule has 0 spiro atoms. The highest BCUT2D eigenvalue weighted by atomic mass is 19.1. The Balaban J connectivity index is 1.03. The van der Waals surface area contributed by atoms with Gasteiger partial charge in [0.2, 0.25) is 0 Å². The molecule has 1 aromatic heterocycles. The number of hydrogen-bond donors (Lipinski definition) is 2. The Hall–Kier alpha value is -2.51. The molecule has 0 amide bonds. The number of aromatic nitrogens is 1. The van der Waals surface area contributed by atoms with Gasteiger partial charge in [-0.1, -0.05) is 18.6 Å². The Morgan fingerprint density at radius 2 is 2.06 bits per heavy atom. The Labute approximate surface area is 213 Å². The second kappa shape index (κ2) is 11.3. The van der Waals surface area contributed by atoms with Crippen LogP contribution in [0.25, 0.3) is 0 Å². The number of carboxylic acids is 1. The van der Waals surface area contributed by atoms with Crippen molar-refractivity contribution in [2.45, 2.75) is 88.3 Å². The zero-order valence-corrected chi connectivity index (χ0v) is 21.2. The van der Waals surface area contributed by atoms with Crippen molar-refractivity contribution in [3.63, 3.8) is 0 Å². The lowest BCUT2D eigenvalue weighted by Gasteiger charge is -2.43. The maximum atomic E-state index is 14.0. The molecule has 1 atom stereocenters. The van der Waals surface area contributed by atoms with Gasteiger partial charge >= 0.3 is 5.97 Å². The van der Waals surface area contributed by atoms with E-state index < -0.39 is 12.0 Å². The molecule has 2 N–H and O–H groups in total. The van der Waals surface area contributed by atoms with Crippen molar-refractivity contribution >= 4 is 11.8 Å². The van der Waals surface area contributed by atoms with Gasteiger partial charge in [0.25, 0.3) is 0 Å². The van der Waals surface area contributed by atoms with Crippen LogP contribution >= 0.6 is 0 Å². The molecule has 1 unspecified atom stereocenters. The molecule has 3 aliphatic rings. The molecule has 2 saturated carbocycles. The minimum Gasteiger partial charge on any atom is -0.480 e. The maximum Gasteiger partial charge on any atom is 0.325 e. The molecule has 36 heavy (non-hydrogen) atoms. The van der Waals surface area contributed by atoms with E-state index in [0.717, 1.165) is 88.0 Å². The maximum absolute atomic E-state index is 14.0. The molecule has 2 aromatic rings. The van der Waals surface area contributed by atoms with E-state index in [1.54, 1.807) is 6.07 Å². The van der Waals surface area contributed by atoms with Gasteiger partial charge in [-0.2, -0.15) is 0 Å². The molecular formula is C29H38FN3O3. The number of hydrogen-bond acceptors (Lipinski definition) is 5. The van der Waals surface area contributed by atoms with Crippen LogP contribution in [-0.4, -0.2) is 53.3 Å². The summed E-state index contributed by atoms with van der Waals surface area (Å²) in [4.78, 5) is 18.9. The van der Waals surface area contributed by atoms with Crippen LogP contribution in [0.5, 0.6) is 0 Å². The smallest absolute Gasteiger partial charge is 0.325 e. The first-order chi connectivity index (χ1) is 17.5. The minimum absolute atomic E-state index is 0.134. The van der Waals surface area contributed by atoms with Crippen LogP contribution in [0.1, 0.15) is 85.7 Å². The highest BCUT2D eigenvalue weighted by molar-refractivity contribution is 5.76. The number of halogens is 1. The molecule has 6 nitrogen and oxygen atoms in total. The average Bonchev–Trinajstić information content (AvgIpc) is 3.67. The van der Waals surface area contributed by atoms with E-state index in [-0.39, 0.29) is 18.0 Å². The van der Waals surface area contributed by atoms with Gasteiger partial charge in [-0.15, -0.1) is 0 Å². The van der Waals surface area contributed by atoms with Gasteiger partial charge in [0.15, 0.2) is 0 Å². The number of benzene rings is 1. The highest BCUT2D eigenvalue weighted by Crippen LogP contribution is 2.45. The van der Waals surface area contributed by atoms with Crippen LogP contribution in [0.3, 0.4) is 0 Å². The van der Waals surface area contributed by atoms with Crippen LogP contribution in [0, 0.1) is 5.82 Å². The molecule has 2 heterocycles. The number of nitrogens with one attached hydrogen (secondary N) is 1. The second-order valence-corrected chi connectivity index (χ2v) is 10.7. The number of aryl methyl sites for hydroxylation is 2. The zero-order chi connectivity index (χ0) is 25.1. The van der Waals surface area contributed by atoms with Gasteiger partial charge in [0.05, 0.1) is 6.10 Å². The SMILES string of the molecule is CN(C1CC(OCCCCCc2ccc3c(n2)NCCC3)C1)C(C(=O)O)c1cc(F)ccc1C1CC1. The largest absolute Gasteiger partial charge is 0.480 e. The van der Waals surface area contributed by atoms with E-state index in [1.807, 2.05) is 11.9 Å². The van der Waals surface area contributed by atoms with Gasteiger partial charge in [-0.05, 0) is 106 Å². The molecular weight excluding hydrogens is 457 g/mol. The summed E-state index contributed by atoms with van der Waals surface area (Å²) in [6, 6.07) is 8.33. The number of nitrogens with zero attached hydrogens (tertiary/aromatic N) is 2. The van der Waals surface area contributed by atoms with E-state index in [9.17, 15) is 14.3 Å². The zero-order valence-electron chi connectivity index (χ0n) is 21.2. The Kier molecular flexibility index (Phi) is 7.87. The number of carboxylic acid groups (broad SMARTS) is 1. The summed E-state index contributed by atoms with van der Waals surface area (Å²) in [6.07, 6.45) is 10.4. The lowest BCUT2D eigenvalue weighted by molar-refractivity contribution is -0.146. The van der Waals surface area contributed by atoms with Crippen LogP contribution in [0.4, 0.5) is 10.2 Å². The number of pyridine rings is 1. The van der Waals surface area contributed by atoms with Crippen molar-refractivity contribution in [2.24, 2.45) is 0 Å². The third kappa shape index (κ3) is 5.89. The molecule has 194 valence electrons. The summed E-state index contributed by atoms with van der Waals surface area (Å²) in [6.45, 7) is 1.75. The van der Waals surface area contributed by atoms with E-state index in [4.69, 9.17) is 9.72 Å². The molecule has 2 aliphatic carbocycles. The van der Waals surface area contributed by atoms with Gasteiger partial charge in [-0.3, -0.25) is 9.69 Å². The summed E-state index contributed by atoms with van der Waals surface area (Å²) >= 11 is 0. The summed E-state index contributed by atoms with van der Waals surface area (Å²) < 4.78 is 20.1. The molecule has 1 aliphatic heterocycles. The standard InChI is InChI=1S/C29H38FN3O3/c1-33(27(29(34)35)26-16-21(30)11-13-25(26)19-8-9-19)23-17-24(18-23)36-15-4-2-3-7-22-12-10-20-6-5-14-31-28(20)32-22/h10-13,16,19,23-24,27H,2-9,14-15,17-18H2,1H3,(H,31,32)(H,34,35). The molecule has 0 bridgehead atoms. The normalized spacial score (nSPS) is 22.0. The molecule has 7 heteroatoms. The number of aliphatic carboxylic acids is 1. The quantitative estimate of drug-likeness (QED) is 0.380. The first-order valence-corrected chi connectivity index (χ1v) is 13.6. The summed E-state index contributed by atoms with van der Waals surface area (Å²) in [7, 11) is 1.85. The fourth-order valence-electron chi connectivity index (χ4n) is 5.64. The van der Waals surface area contributed by atoms with Gasteiger partial charge in [0, 0.05) is 24.9 Å². The van der Waals surface area contributed by atoms with E-state index in [2.05, 4.69) is 17.4 Å². The van der Waals surface area contributed by atoms with Gasteiger partial charge in [-0.25, -0.2) is 9.37 Å². The van der Waals surface area contributed by atoms with E-state index in [0.29, 0.717) is 11.5 Å². The lowest BCUT2D eigenvalue weighted by Crippen LogP contribution is -2.49. The molecule has 0 saturated heterocycles. The Morgan fingerprint density at radius 3 is 2.83 bits per heavy atom. The Bertz CT molecular complexity index is 1070. The van der Waals surface area contributed by atoms with Crippen molar-refractivity contribution in [1.29, 1.82) is 0 Å². The molecule has 1 aromatic carbocycles. The van der Waals surface area contributed by atoms with Crippen LogP contribution in [0.15, 0.2) is 30.3 Å². The summed E-state index contributed by atoms with van der Waals surface area (Å²) in [5.41, 5.74) is 4.09. The fourth-order valence-corrected chi connectivity index (χ4v) is 5.64. The van der Waals surface area contributed by atoms with E-state index in [1.165, 1.54) is 24.1 Å². The number of anilines is 1. The second-order valence-electron chi connectivity index (χ2n) is 10.7. The molecule has 2 fully saturated rings. The monoisotopic (exact) mass is 495 g/mol. The number of ether oxygens (including phenoxy) is 1. The van der Waals surface area contributed by atoms with Crippen molar-refractivity contribution < 1.29 is 19.0 Å². The topological polar surface area (TPSA) is 74.7 Å². The minimum atomic E-state index is -0.918. The van der Waals surface area contributed by atoms with Crippen molar-refractivity contribution in [1.82, 2.24) is 9.88 Å². The van der Waals surface area contributed by atoms with Crippen molar-refractivity contribution in [3.8, 4) is 0 Å². The number of fused-ring (bicyclic) bond motifs is 1. The van der Waals surface area contributed by atoms with Crippen molar-refractivity contribution in [2.75, 3.05) is 25.5 Å². The lowest BCUT2D eigenvalue weighted by atomic mass is 9.85. The fraction of sp³-hybridized carbons (Fsp3) is 0.586. The number of likely N-dealkylation sites (N-methyl/N-ethyl adjacent to an activating group) is 1. The first kappa shape index (κ1) is 25.2. The molecule has 5 rings (SSSR count). The molecule has 0 radical (unpaired) electrons. The van der Waals surface area contributed by atoms with Crippen LogP contribution in [0.2, 0.25) is 0 Å². The number of unbranched alkanes of at least 4 members (excludes halogenated alkanes) is 2. The summed E-state index contributed by atoms with van der Waals surface area (Å²) in [5, 5.41) is 13.4. The summed E-state index contributed by atoms with van der Waals surface area (Å²) in [5.74, 6) is 0.146. The number of rotatable bonds is 12. The van der Waals surface area contributed by atoms with E-state index >= 15 is 0 Å². The predicted octanol–water partition coefficient (Wildman–Crippen LogP) is 5.47. The number of carbonyl (C=O) groups is 1. The van der Waals surface area contributed by atoms with Gasteiger partial charge < -0.3 is 15.2 Å². The third-order valence-corrected chi connectivity index (χ3v) is 8.03. The highest BCUT2D eigenvalue weighted by Gasteiger charge is 2.40. The van der Waals surface area contributed by atoms with Crippen LogP contribution < -0.4 is 5.32 Å². The van der Waals surface area contributed by atoms with Crippen LogP contribution in [-0.2, 0) is 22.4 Å². The average molecular weight is 496 g/mol. The van der Waals surface area contributed by atoms with Crippen molar-refractivity contribution in [3.05, 3.63) is 58.5 Å². The Morgan fingerprint density at radius 1 is 1.22 bits per heavy atom.